The van der Waals surface area contributed by atoms with Gasteiger partial charge in [0.25, 0.3) is 0 Å². The van der Waals surface area contributed by atoms with E-state index in [0.29, 0.717) is 17.6 Å². The van der Waals surface area contributed by atoms with E-state index in [0.717, 1.165) is 14.7 Å². The Bertz CT molecular complexity index is 534. The highest BCUT2D eigenvalue weighted by atomic mass is 127. The predicted octanol–water partition coefficient (Wildman–Crippen LogP) is 3.55. The van der Waals surface area contributed by atoms with Crippen molar-refractivity contribution in [3.63, 3.8) is 0 Å². The normalized spacial score (nSPS) is 10.5. The molecule has 0 aliphatic heterocycles. The third-order valence-electron chi connectivity index (χ3n) is 2.20. The van der Waals surface area contributed by atoms with Crippen LogP contribution in [-0.2, 0) is 11.3 Å². The van der Waals surface area contributed by atoms with E-state index in [1.807, 2.05) is 24.3 Å². The number of hydrogen-bond acceptors (Lipinski definition) is 3. The maximum absolute atomic E-state index is 5.98. The molecule has 0 saturated carbocycles. The molecule has 0 saturated heterocycles. The lowest BCUT2D eigenvalue weighted by Crippen LogP contribution is -1.93. The zero-order chi connectivity index (χ0) is 12.3. The van der Waals surface area contributed by atoms with E-state index in [1.165, 1.54) is 0 Å². The van der Waals surface area contributed by atoms with Crippen molar-refractivity contribution >= 4 is 34.2 Å². The van der Waals surface area contributed by atoms with Gasteiger partial charge >= 0.3 is 0 Å². The van der Waals surface area contributed by atoms with E-state index >= 15 is 0 Å². The molecule has 88 valence electrons. The number of ether oxygens (including phenoxy) is 1. The van der Waals surface area contributed by atoms with Crippen LogP contribution >= 0.6 is 34.2 Å². The first kappa shape index (κ1) is 12.7. The van der Waals surface area contributed by atoms with Crippen LogP contribution in [0.1, 0.15) is 5.56 Å². The summed E-state index contributed by atoms with van der Waals surface area (Å²) in [4.78, 5) is 8.52. The molecular weight excluding hydrogens is 351 g/mol. The van der Waals surface area contributed by atoms with Crippen molar-refractivity contribution in [2.45, 2.75) is 6.61 Å². The molecule has 0 aliphatic carbocycles. The molecule has 0 atom stereocenters. The predicted molar refractivity (Wildman–Crippen MR) is 75.9 cm³/mol. The Morgan fingerprint density at radius 3 is 2.94 bits per heavy atom. The SMILES string of the molecule is COCc1cccc(-c2ncc(I)c(Cl)n2)c1. The number of halogens is 2. The fraction of sp³-hybridized carbons (Fsp3) is 0.167. The van der Waals surface area contributed by atoms with Crippen LogP contribution < -0.4 is 0 Å². The highest BCUT2D eigenvalue weighted by Gasteiger charge is 2.05. The Morgan fingerprint density at radius 2 is 2.24 bits per heavy atom. The summed E-state index contributed by atoms with van der Waals surface area (Å²) < 4.78 is 5.94. The number of aromatic nitrogens is 2. The molecule has 0 unspecified atom stereocenters. The standard InChI is InChI=1S/C12H10ClIN2O/c1-17-7-8-3-2-4-9(5-8)12-15-6-10(14)11(13)16-12/h2-6H,7H2,1H3. The molecule has 0 spiro atoms. The van der Waals surface area contributed by atoms with Gasteiger partial charge in [-0.2, -0.15) is 0 Å². The minimum absolute atomic E-state index is 0.479. The summed E-state index contributed by atoms with van der Waals surface area (Å²) in [6.45, 7) is 0.575. The number of methoxy groups -OCH3 is 1. The Balaban J connectivity index is 2.38. The third-order valence-corrected chi connectivity index (χ3v) is 3.59. The minimum atomic E-state index is 0.479. The molecule has 2 aromatic rings. The van der Waals surface area contributed by atoms with Gasteiger partial charge in [-0.05, 0) is 34.2 Å². The maximum atomic E-state index is 5.98. The van der Waals surface area contributed by atoms with Crippen LogP contribution in [0.5, 0.6) is 0 Å². The monoisotopic (exact) mass is 360 g/mol. The van der Waals surface area contributed by atoms with Gasteiger partial charge in [-0.1, -0.05) is 29.8 Å². The second-order valence-corrected chi connectivity index (χ2v) is 4.99. The van der Waals surface area contributed by atoms with Crippen LogP contribution in [0, 0.1) is 3.57 Å². The Labute approximate surface area is 118 Å². The number of benzene rings is 1. The summed E-state index contributed by atoms with van der Waals surface area (Å²) in [5.74, 6) is 0.633. The fourth-order valence-electron chi connectivity index (χ4n) is 1.45. The van der Waals surface area contributed by atoms with Crippen LogP contribution in [0.3, 0.4) is 0 Å². The number of nitrogens with zero attached hydrogens (tertiary/aromatic N) is 2. The second-order valence-electron chi connectivity index (χ2n) is 3.47. The van der Waals surface area contributed by atoms with E-state index in [4.69, 9.17) is 16.3 Å². The smallest absolute Gasteiger partial charge is 0.160 e. The van der Waals surface area contributed by atoms with Crippen molar-refractivity contribution in [3.8, 4) is 11.4 Å². The van der Waals surface area contributed by atoms with Gasteiger partial charge in [0.15, 0.2) is 5.82 Å². The molecule has 0 bridgehead atoms. The second kappa shape index (κ2) is 5.75. The highest BCUT2D eigenvalue weighted by Crippen LogP contribution is 2.21. The Morgan fingerprint density at radius 1 is 1.41 bits per heavy atom. The molecule has 1 aromatic heterocycles. The van der Waals surface area contributed by atoms with E-state index in [9.17, 15) is 0 Å². The Kier molecular flexibility index (Phi) is 4.31. The van der Waals surface area contributed by atoms with Crippen molar-refractivity contribution in [2.75, 3.05) is 7.11 Å². The van der Waals surface area contributed by atoms with E-state index < -0.39 is 0 Å². The first-order valence-corrected chi connectivity index (χ1v) is 6.42. The van der Waals surface area contributed by atoms with Gasteiger partial charge in [0, 0.05) is 18.9 Å². The van der Waals surface area contributed by atoms with E-state index in [2.05, 4.69) is 32.6 Å². The molecule has 0 fully saturated rings. The highest BCUT2D eigenvalue weighted by molar-refractivity contribution is 14.1. The molecular formula is C12H10ClIN2O. The van der Waals surface area contributed by atoms with Crippen molar-refractivity contribution < 1.29 is 4.74 Å². The van der Waals surface area contributed by atoms with Crippen LogP contribution in [0.15, 0.2) is 30.5 Å². The lowest BCUT2D eigenvalue weighted by Gasteiger charge is -2.04. The third kappa shape index (κ3) is 3.14. The molecule has 5 heteroatoms. The Hall–Kier alpha value is -0.720. The molecule has 0 amide bonds. The fourth-order valence-corrected chi connectivity index (χ4v) is 1.84. The van der Waals surface area contributed by atoms with Crippen molar-refractivity contribution in [1.29, 1.82) is 0 Å². The van der Waals surface area contributed by atoms with E-state index in [1.54, 1.807) is 13.3 Å². The van der Waals surface area contributed by atoms with Gasteiger partial charge in [-0.15, -0.1) is 0 Å². The minimum Gasteiger partial charge on any atom is -0.380 e. The lowest BCUT2D eigenvalue weighted by atomic mass is 10.1. The maximum Gasteiger partial charge on any atom is 0.160 e. The largest absolute Gasteiger partial charge is 0.380 e. The number of hydrogen-bond donors (Lipinski definition) is 0. The van der Waals surface area contributed by atoms with Gasteiger partial charge in [-0.25, -0.2) is 9.97 Å². The number of rotatable bonds is 3. The molecule has 0 radical (unpaired) electrons. The average Bonchev–Trinajstić information content (AvgIpc) is 2.33. The summed E-state index contributed by atoms with van der Waals surface area (Å²) in [6, 6.07) is 7.92. The van der Waals surface area contributed by atoms with Crippen LogP contribution in [0.2, 0.25) is 5.15 Å². The average molecular weight is 361 g/mol. The van der Waals surface area contributed by atoms with Crippen molar-refractivity contribution in [2.24, 2.45) is 0 Å². The molecule has 0 aliphatic rings. The summed E-state index contributed by atoms with van der Waals surface area (Å²) in [6.07, 6.45) is 1.72. The molecule has 2 rings (SSSR count). The van der Waals surface area contributed by atoms with Gasteiger partial charge in [0.05, 0.1) is 10.2 Å². The van der Waals surface area contributed by atoms with E-state index in [-0.39, 0.29) is 0 Å². The molecule has 1 heterocycles. The zero-order valence-corrected chi connectivity index (χ0v) is 12.1. The topological polar surface area (TPSA) is 35.0 Å². The first-order valence-electron chi connectivity index (χ1n) is 4.97. The molecule has 3 nitrogen and oxygen atoms in total. The van der Waals surface area contributed by atoms with Crippen LogP contribution in [0.25, 0.3) is 11.4 Å². The summed E-state index contributed by atoms with van der Waals surface area (Å²) in [5, 5.41) is 0.479. The van der Waals surface area contributed by atoms with Gasteiger partial charge in [0.2, 0.25) is 0 Å². The van der Waals surface area contributed by atoms with Gasteiger partial charge in [-0.3, -0.25) is 0 Å². The summed E-state index contributed by atoms with van der Waals surface area (Å²) in [7, 11) is 1.67. The molecule has 0 N–H and O–H groups in total. The van der Waals surface area contributed by atoms with Crippen molar-refractivity contribution in [1.82, 2.24) is 9.97 Å². The summed E-state index contributed by atoms with van der Waals surface area (Å²) in [5.41, 5.74) is 2.03. The summed E-state index contributed by atoms with van der Waals surface area (Å²) >= 11 is 8.08. The van der Waals surface area contributed by atoms with Crippen molar-refractivity contribution in [3.05, 3.63) is 44.7 Å². The van der Waals surface area contributed by atoms with Crippen LogP contribution in [-0.4, -0.2) is 17.1 Å². The molecule has 1 aromatic carbocycles. The first-order chi connectivity index (χ1) is 8.20. The quantitative estimate of drug-likeness (QED) is 0.620. The lowest BCUT2D eigenvalue weighted by molar-refractivity contribution is 0.185. The van der Waals surface area contributed by atoms with Gasteiger partial charge in [0.1, 0.15) is 5.15 Å². The van der Waals surface area contributed by atoms with Crippen LogP contribution in [0.4, 0.5) is 0 Å². The van der Waals surface area contributed by atoms with Gasteiger partial charge < -0.3 is 4.74 Å². The zero-order valence-electron chi connectivity index (χ0n) is 9.15. The molecule has 17 heavy (non-hydrogen) atoms.